The average Bonchev–Trinajstić information content (AvgIpc) is 3.27. The molecule has 5 rings (SSSR count). The number of hydrogen-bond donors (Lipinski definition) is 3. The Balaban J connectivity index is 1.44. The van der Waals surface area contributed by atoms with Gasteiger partial charge < -0.3 is 25.4 Å². The number of carboxylic acids is 1. The number of aromatic nitrogens is 5. The fourth-order valence-electron chi connectivity index (χ4n) is 5.72. The Morgan fingerprint density at radius 3 is 2.73 bits per heavy atom. The Kier molecular flexibility index (Phi) is 9.05. The summed E-state index contributed by atoms with van der Waals surface area (Å²) in [6.07, 6.45) is 10.1. The average molecular weight is 674 g/mol. The molecule has 1 aliphatic carbocycles. The van der Waals surface area contributed by atoms with Crippen molar-refractivity contribution in [1.29, 1.82) is 0 Å². The fourth-order valence-corrected chi connectivity index (χ4v) is 6.09. The predicted octanol–water partition coefficient (Wildman–Crippen LogP) is 3.01. The minimum Gasteiger partial charge on any atom is -0.479 e. The molecule has 1 saturated heterocycles. The molecule has 3 aliphatic rings. The molecular formula is C29H37BrN8O6. The molecule has 3 N–H and O–H groups in total. The van der Waals surface area contributed by atoms with Crippen LogP contribution in [-0.4, -0.2) is 88.8 Å². The lowest BCUT2D eigenvalue weighted by Gasteiger charge is -2.30. The molecule has 44 heavy (non-hydrogen) atoms. The summed E-state index contributed by atoms with van der Waals surface area (Å²) in [5, 5.41) is 28.4. The van der Waals surface area contributed by atoms with E-state index in [1.54, 1.807) is 39.2 Å². The molecule has 2 aromatic heterocycles. The number of carbonyl (C=O) groups is 4. The van der Waals surface area contributed by atoms with Crippen molar-refractivity contribution in [3.05, 3.63) is 35.1 Å². The summed E-state index contributed by atoms with van der Waals surface area (Å²) >= 11 is 3.38. The number of amides is 3. The van der Waals surface area contributed by atoms with Crippen LogP contribution >= 0.6 is 15.9 Å². The molecule has 4 heterocycles. The Labute approximate surface area is 263 Å². The number of tetrazole rings is 1. The highest BCUT2D eigenvalue weighted by molar-refractivity contribution is 9.10. The van der Waals surface area contributed by atoms with Crippen LogP contribution in [-0.2, 0) is 19.1 Å². The second-order valence-electron chi connectivity index (χ2n) is 12.6. The van der Waals surface area contributed by atoms with Crippen LogP contribution in [0.3, 0.4) is 0 Å². The van der Waals surface area contributed by atoms with E-state index in [0.717, 1.165) is 23.7 Å². The number of alkyl carbamates (subject to hydrolysis) is 1. The first-order chi connectivity index (χ1) is 20.9. The molecule has 2 aromatic rings. The van der Waals surface area contributed by atoms with E-state index < -0.39 is 53.1 Å². The molecule has 5 atom stereocenters. The van der Waals surface area contributed by atoms with Crippen molar-refractivity contribution in [1.82, 2.24) is 40.7 Å². The normalized spacial score (nSPS) is 28.5. The fraction of sp³-hybridized carbons (Fsp3) is 0.586. The van der Waals surface area contributed by atoms with E-state index in [0.29, 0.717) is 24.2 Å². The van der Waals surface area contributed by atoms with Gasteiger partial charge >= 0.3 is 12.1 Å². The summed E-state index contributed by atoms with van der Waals surface area (Å²) < 4.78 is 6.17. The zero-order chi connectivity index (χ0) is 31.6. The number of halogens is 1. The second-order valence-corrected chi connectivity index (χ2v) is 13.5. The minimum absolute atomic E-state index is 0.0549. The van der Waals surface area contributed by atoms with Gasteiger partial charge in [0.15, 0.2) is 0 Å². The van der Waals surface area contributed by atoms with Gasteiger partial charge in [0.05, 0.1) is 6.04 Å². The van der Waals surface area contributed by atoms with Crippen LogP contribution in [0.1, 0.15) is 71.8 Å². The quantitative estimate of drug-likeness (QED) is 0.408. The predicted molar refractivity (Wildman–Crippen MR) is 160 cm³/mol. The third-order valence-electron chi connectivity index (χ3n) is 8.05. The standard InChI is InChI=1S/C29H37BrN8O6/c1-28(2,3)44-27(43)32-21-10-8-6-4-5-7-9-18-13-29(18,26(41)42)33-24(39)22-12-20(16-37(22)25(21)40)38-35-23(34-36-38)17-11-19(30)15-31-14-17/h7,9,11,14-15,18,20-22H,4-6,8,10,12-13,16H2,1-3H3,(H,32,43)(H,33,39)(H,41,42)/b9-7-/t18-,20-,21+,22-,29-/m0/s1. The molecule has 2 aliphatic heterocycles. The first-order valence-electron chi connectivity index (χ1n) is 14.8. The maximum absolute atomic E-state index is 14.1. The number of aliphatic carboxylic acids is 1. The Hall–Kier alpha value is -3.88. The molecule has 236 valence electrons. The number of allylic oxidation sites excluding steroid dienone is 1. The Bertz CT molecular complexity index is 1460. The van der Waals surface area contributed by atoms with Crippen LogP contribution in [0.5, 0.6) is 0 Å². The van der Waals surface area contributed by atoms with Gasteiger partial charge in [-0.25, -0.2) is 9.59 Å². The number of rotatable bonds is 4. The number of ether oxygens (including phenoxy) is 1. The minimum atomic E-state index is -1.43. The van der Waals surface area contributed by atoms with Gasteiger partial charge in [0, 0.05) is 41.3 Å². The lowest BCUT2D eigenvalue weighted by atomic mass is 10.0. The maximum atomic E-state index is 14.1. The highest BCUT2D eigenvalue weighted by atomic mass is 79.9. The molecular weight excluding hydrogens is 636 g/mol. The molecule has 0 aromatic carbocycles. The zero-order valence-corrected chi connectivity index (χ0v) is 26.5. The number of pyridine rings is 1. The molecule has 0 unspecified atom stereocenters. The first-order valence-corrected chi connectivity index (χ1v) is 15.6. The van der Waals surface area contributed by atoms with Crippen LogP contribution in [0.4, 0.5) is 4.79 Å². The summed E-state index contributed by atoms with van der Waals surface area (Å²) in [6.45, 7) is 5.25. The summed E-state index contributed by atoms with van der Waals surface area (Å²) in [7, 11) is 0. The van der Waals surface area contributed by atoms with Crippen molar-refractivity contribution < 1.29 is 29.0 Å². The van der Waals surface area contributed by atoms with Crippen molar-refractivity contribution in [3.63, 3.8) is 0 Å². The van der Waals surface area contributed by atoms with Gasteiger partial charge in [-0.1, -0.05) is 25.0 Å². The molecule has 2 fully saturated rings. The molecule has 3 amide bonds. The van der Waals surface area contributed by atoms with Gasteiger partial charge in [-0.15, -0.1) is 10.2 Å². The van der Waals surface area contributed by atoms with Crippen molar-refractivity contribution in [2.75, 3.05) is 6.54 Å². The number of hydrogen-bond acceptors (Lipinski definition) is 9. The highest BCUT2D eigenvalue weighted by Crippen LogP contribution is 2.45. The highest BCUT2D eigenvalue weighted by Gasteiger charge is 2.61. The molecule has 1 saturated carbocycles. The van der Waals surface area contributed by atoms with Crippen molar-refractivity contribution in [2.24, 2.45) is 5.92 Å². The summed E-state index contributed by atoms with van der Waals surface area (Å²) in [4.78, 5) is 59.9. The lowest BCUT2D eigenvalue weighted by molar-refractivity contribution is -0.145. The van der Waals surface area contributed by atoms with Crippen molar-refractivity contribution in [2.45, 2.75) is 95.0 Å². The van der Waals surface area contributed by atoms with Gasteiger partial charge in [-0.2, -0.15) is 4.80 Å². The van der Waals surface area contributed by atoms with E-state index in [2.05, 4.69) is 47.0 Å². The number of nitrogens with one attached hydrogen (secondary N) is 2. The van der Waals surface area contributed by atoms with Gasteiger partial charge in [0.1, 0.15) is 23.2 Å². The van der Waals surface area contributed by atoms with E-state index >= 15 is 0 Å². The van der Waals surface area contributed by atoms with E-state index in [-0.39, 0.29) is 25.3 Å². The van der Waals surface area contributed by atoms with E-state index in [9.17, 15) is 24.3 Å². The van der Waals surface area contributed by atoms with Gasteiger partial charge in [-0.3, -0.25) is 14.6 Å². The largest absolute Gasteiger partial charge is 0.479 e. The number of carboxylic acid groups (broad SMARTS) is 1. The van der Waals surface area contributed by atoms with Crippen molar-refractivity contribution in [3.8, 4) is 11.4 Å². The molecule has 0 radical (unpaired) electrons. The van der Waals surface area contributed by atoms with E-state index in [4.69, 9.17) is 4.74 Å². The van der Waals surface area contributed by atoms with E-state index in [1.807, 2.05) is 12.2 Å². The lowest BCUT2D eigenvalue weighted by Crippen LogP contribution is -2.56. The monoisotopic (exact) mass is 672 g/mol. The third kappa shape index (κ3) is 7.08. The third-order valence-corrected chi connectivity index (χ3v) is 8.48. The van der Waals surface area contributed by atoms with E-state index in [1.165, 1.54) is 9.70 Å². The maximum Gasteiger partial charge on any atom is 0.408 e. The molecule has 0 bridgehead atoms. The van der Waals surface area contributed by atoms with Crippen LogP contribution in [0, 0.1) is 5.92 Å². The summed E-state index contributed by atoms with van der Waals surface area (Å²) in [6, 6.07) is -0.714. The SMILES string of the molecule is CC(C)(C)OC(=O)N[C@@H]1CCCCC/C=C\[C@H]2C[C@]2(C(=O)O)NC(=O)[C@@H]2C[C@H](n3nnc(-c4cncc(Br)c4)n3)CN2C1=O. The molecule has 0 spiro atoms. The Morgan fingerprint density at radius 1 is 1.20 bits per heavy atom. The molecule has 15 heteroatoms. The number of nitrogens with zero attached hydrogens (tertiary/aromatic N) is 6. The second kappa shape index (κ2) is 12.6. The smallest absolute Gasteiger partial charge is 0.408 e. The van der Waals surface area contributed by atoms with Gasteiger partial charge in [-0.05, 0) is 73.7 Å². The summed E-state index contributed by atoms with van der Waals surface area (Å²) in [5.74, 6) is -2.18. The van der Waals surface area contributed by atoms with Crippen LogP contribution in [0.2, 0.25) is 0 Å². The number of carbonyl (C=O) groups excluding carboxylic acids is 3. The van der Waals surface area contributed by atoms with Crippen molar-refractivity contribution >= 4 is 39.8 Å². The molecule has 14 nitrogen and oxygen atoms in total. The zero-order valence-electron chi connectivity index (χ0n) is 24.9. The van der Waals surface area contributed by atoms with Gasteiger partial charge in [0.2, 0.25) is 17.6 Å². The van der Waals surface area contributed by atoms with Gasteiger partial charge in [0.25, 0.3) is 0 Å². The topological polar surface area (TPSA) is 182 Å². The first kappa shape index (κ1) is 31.5. The van der Waals surface area contributed by atoms with Crippen LogP contribution in [0.15, 0.2) is 35.1 Å². The van der Waals surface area contributed by atoms with Crippen LogP contribution in [0.25, 0.3) is 11.4 Å². The van der Waals surface area contributed by atoms with Crippen LogP contribution < -0.4 is 10.6 Å². The number of fused-ring (bicyclic) bond motifs is 2. The summed E-state index contributed by atoms with van der Waals surface area (Å²) in [5.41, 5.74) is -1.57. The Morgan fingerprint density at radius 2 is 2.00 bits per heavy atom.